The number of nitrogens with zero attached hydrogens (tertiary/aromatic N) is 3. The van der Waals surface area contributed by atoms with Crippen LogP contribution in [-0.4, -0.2) is 31.6 Å². The summed E-state index contributed by atoms with van der Waals surface area (Å²) >= 11 is 0. The van der Waals surface area contributed by atoms with Crippen molar-refractivity contribution < 1.29 is 19.1 Å². The van der Waals surface area contributed by atoms with E-state index in [1.54, 1.807) is 12.1 Å². The van der Waals surface area contributed by atoms with Gasteiger partial charge in [0.1, 0.15) is 11.5 Å². The van der Waals surface area contributed by atoms with Gasteiger partial charge in [0.15, 0.2) is 11.3 Å². The molecule has 1 amide bonds. The van der Waals surface area contributed by atoms with E-state index in [2.05, 4.69) is 15.4 Å². The zero-order valence-electron chi connectivity index (χ0n) is 11.7. The van der Waals surface area contributed by atoms with E-state index in [4.69, 9.17) is 0 Å². The number of rotatable bonds is 4. The Kier molecular flexibility index (Phi) is 3.71. The molecule has 2 aromatic heterocycles. The smallest absolute Gasteiger partial charge is 0.354 e. The predicted molar refractivity (Wildman–Crippen MR) is 77.5 cm³/mol. The number of hydrogen-bond donors (Lipinski definition) is 2. The lowest BCUT2D eigenvalue weighted by Crippen LogP contribution is -2.25. The second-order valence-electron chi connectivity index (χ2n) is 4.74. The highest BCUT2D eigenvalue weighted by Crippen LogP contribution is 2.08. The monoisotopic (exact) mass is 314 g/mol. The summed E-state index contributed by atoms with van der Waals surface area (Å²) in [5.74, 6) is -2.10. The van der Waals surface area contributed by atoms with Crippen molar-refractivity contribution in [3.63, 3.8) is 0 Å². The van der Waals surface area contributed by atoms with Crippen LogP contribution in [0.2, 0.25) is 0 Å². The average Bonchev–Trinajstić information content (AvgIpc) is 3.01. The van der Waals surface area contributed by atoms with Crippen molar-refractivity contribution in [3.8, 4) is 0 Å². The van der Waals surface area contributed by atoms with Crippen molar-refractivity contribution in [2.24, 2.45) is 0 Å². The summed E-state index contributed by atoms with van der Waals surface area (Å²) in [4.78, 5) is 27.5. The summed E-state index contributed by atoms with van der Waals surface area (Å²) in [5.41, 5.74) is 0.782. The zero-order valence-corrected chi connectivity index (χ0v) is 11.7. The summed E-state index contributed by atoms with van der Waals surface area (Å²) in [6.45, 7) is 0.174. The molecule has 0 saturated carbocycles. The SMILES string of the molecule is O=C(NCc1ccc(F)cc1)c1cc(C(=O)O)n2nccc2n1. The van der Waals surface area contributed by atoms with E-state index in [-0.39, 0.29) is 29.4 Å². The molecule has 0 radical (unpaired) electrons. The number of carboxylic acid groups (broad SMARTS) is 1. The van der Waals surface area contributed by atoms with Crippen LogP contribution < -0.4 is 5.32 Å². The molecule has 116 valence electrons. The lowest BCUT2D eigenvalue weighted by molar-refractivity contribution is 0.0687. The molecular formula is C15H11FN4O3. The number of hydrogen-bond acceptors (Lipinski definition) is 4. The average molecular weight is 314 g/mol. The maximum atomic E-state index is 12.8. The van der Waals surface area contributed by atoms with Crippen LogP contribution in [0.4, 0.5) is 4.39 Å². The molecule has 0 spiro atoms. The van der Waals surface area contributed by atoms with Gasteiger partial charge in [-0.2, -0.15) is 5.10 Å². The fourth-order valence-corrected chi connectivity index (χ4v) is 2.06. The Morgan fingerprint density at radius 3 is 2.65 bits per heavy atom. The van der Waals surface area contributed by atoms with Gasteiger partial charge in [-0.25, -0.2) is 18.7 Å². The van der Waals surface area contributed by atoms with Gasteiger partial charge in [0.05, 0.1) is 6.20 Å². The van der Waals surface area contributed by atoms with Crippen LogP contribution in [0, 0.1) is 5.82 Å². The first-order valence-electron chi connectivity index (χ1n) is 6.65. The third-order valence-corrected chi connectivity index (χ3v) is 3.18. The van der Waals surface area contributed by atoms with Crippen LogP contribution in [0.3, 0.4) is 0 Å². The van der Waals surface area contributed by atoms with Crippen molar-refractivity contribution in [3.05, 3.63) is 65.4 Å². The molecule has 0 aliphatic heterocycles. The second-order valence-corrected chi connectivity index (χ2v) is 4.74. The Hall–Kier alpha value is -3.29. The maximum Gasteiger partial charge on any atom is 0.354 e. The van der Waals surface area contributed by atoms with Gasteiger partial charge in [-0.05, 0) is 17.7 Å². The van der Waals surface area contributed by atoms with Gasteiger partial charge in [-0.15, -0.1) is 0 Å². The molecule has 0 bridgehead atoms. The first kappa shape index (κ1) is 14.6. The predicted octanol–water partition coefficient (Wildman–Crippen LogP) is 1.50. The van der Waals surface area contributed by atoms with Gasteiger partial charge in [-0.1, -0.05) is 12.1 Å². The Bertz CT molecular complexity index is 889. The molecule has 3 rings (SSSR count). The molecule has 8 heteroatoms. The molecule has 0 atom stereocenters. The standard InChI is InChI=1S/C15H11FN4O3/c16-10-3-1-9(2-4-10)8-17-14(21)11-7-12(15(22)23)20-13(19-11)5-6-18-20/h1-7H,8H2,(H,17,21)(H,22,23). The lowest BCUT2D eigenvalue weighted by Gasteiger charge is -2.07. The van der Waals surface area contributed by atoms with Crippen molar-refractivity contribution >= 4 is 17.5 Å². The van der Waals surface area contributed by atoms with Crippen LogP contribution in [-0.2, 0) is 6.54 Å². The molecular weight excluding hydrogens is 303 g/mol. The van der Waals surface area contributed by atoms with Gasteiger partial charge in [0.25, 0.3) is 5.91 Å². The number of aromatic nitrogens is 3. The number of carboxylic acids is 1. The highest BCUT2D eigenvalue weighted by molar-refractivity contribution is 5.95. The van der Waals surface area contributed by atoms with Crippen LogP contribution in [0.15, 0.2) is 42.6 Å². The van der Waals surface area contributed by atoms with E-state index in [9.17, 15) is 19.1 Å². The zero-order chi connectivity index (χ0) is 16.4. The van der Waals surface area contributed by atoms with Crippen molar-refractivity contribution in [1.29, 1.82) is 0 Å². The Labute approximate surface area is 129 Å². The number of benzene rings is 1. The summed E-state index contributed by atoms with van der Waals surface area (Å²) in [6, 6.07) is 8.34. The maximum absolute atomic E-state index is 12.8. The molecule has 2 N–H and O–H groups in total. The first-order valence-corrected chi connectivity index (χ1v) is 6.65. The van der Waals surface area contributed by atoms with Gasteiger partial charge in [0.2, 0.25) is 0 Å². The third-order valence-electron chi connectivity index (χ3n) is 3.18. The molecule has 0 fully saturated rings. The number of fused-ring (bicyclic) bond motifs is 1. The van der Waals surface area contributed by atoms with Crippen LogP contribution in [0.1, 0.15) is 26.5 Å². The summed E-state index contributed by atoms with van der Waals surface area (Å²) in [7, 11) is 0. The topological polar surface area (TPSA) is 96.6 Å². The molecule has 0 unspecified atom stereocenters. The molecule has 23 heavy (non-hydrogen) atoms. The quantitative estimate of drug-likeness (QED) is 0.760. The van der Waals surface area contributed by atoms with Gasteiger partial charge < -0.3 is 10.4 Å². The number of halogens is 1. The normalized spacial score (nSPS) is 10.7. The number of amides is 1. The fraction of sp³-hybridized carbons (Fsp3) is 0.0667. The van der Waals surface area contributed by atoms with Gasteiger partial charge in [0, 0.05) is 18.7 Å². The number of aromatic carboxylic acids is 1. The molecule has 2 heterocycles. The van der Waals surface area contributed by atoms with Crippen molar-refractivity contribution in [1.82, 2.24) is 19.9 Å². The van der Waals surface area contributed by atoms with E-state index in [0.29, 0.717) is 5.56 Å². The first-order chi connectivity index (χ1) is 11.0. The van der Waals surface area contributed by atoms with Crippen LogP contribution in [0.25, 0.3) is 5.65 Å². The Balaban J connectivity index is 1.83. The molecule has 0 aliphatic carbocycles. The third kappa shape index (κ3) is 3.00. The van der Waals surface area contributed by atoms with Gasteiger partial charge >= 0.3 is 5.97 Å². The van der Waals surface area contributed by atoms with E-state index in [0.717, 1.165) is 10.6 Å². The van der Waals surface area contributed by atoms with Crippen LogP contribution in [0.5, 0.6) is 0 Å². The minimum absolute atomic E-state index is 0.0301. The summed E-state index contributed by atoms with van der Waals surface area (Å²) < 4.78 is 14.0. The molecule has 7 nitrogen and oxygen atoms in total. The highest BCUT2D eigenvalue weighted by Gasteiger charge is 2.16. The fourth-order valence-electron chi connectivity index (χ4n) is 2.06. The summed E-state index contributed by atoms with van der Waals surface area (Å²) in [6.07, 6.45) is 1.40. The van der Waals surface area contributed by atoms with Crippen molar-refractivity contribution in [2.45, 2.75) is 6.54 Å². The van der Waals surface area contributed by atoms with E-state index in [1.165, 1.54) is 24.4 Å². The van der Waals surface area contributed by atoms with Crippen LogP contribution >= 0.6 is 0 Å². The molecule has 0 saturated heterocycles. The minimum atomic E-state index is -1.21. The lowest BCUT2D eigenvalue weighted by atomic mass is 10.2. The van der Waals surface area contributed by atoms with E-state index in [1.807, 2.05) is 0 Å². The largest absolute Gasteiger partial charge is 0.477 e. The molecule has 3 aromatic rings. The van der Waals surface area contributed by atoms with Crippen molar-refractivity contribution in [2.75, 3.05) is 0 Å². The van der Waals surface area contributed by atoms with Gasteiger partial charge in [-0.3, -0.25) is 4.79 Å². The Morgan fingerprint density at radius 1 is 1.22 bits per heavy atom. The summed E-state index contributed by atoms with van der Waals surface area (Å²) in [5, 5.41) is 15.6. The minimum Gasteiger partial charge on any atom is -0.477 e. The Morgan fingerprint density at radius 2 is 1.96 bits per heavy atom. The number of carbonyl (C=O) groups excluding carboxylic acids is 1. The number of carbonyl (C=O) groups is 2. The van der Waals surface area contributed by atoms with E-state index < -0.39 is 11.9 Å². The second kappa shape index (κ2) is 5.84. The highest BCUT2D eigenvalue weighted by atomic mass is 19.1. The molecule has 0 aliphatic rings. The van der Waals surface area contributed by atoms with E-state index >= 15 is 0 Å². The molecule has 1 aromatic carbocycles. The number of nitrogens with one attached hydrogen (secondary N) is 1.